The van der Waals surface area contributed by atoms with Gasteiger partial charge in [-0.25, -0.2) is 0 Å². The summed E-state index contributed by atoms with van der Waals surface area (Å²) in [7, 11) is 3.07. The van der Waals surface area contributed by atoms with Crippen LogP contribution in [-0.4, -0.2) is 42.8 Å². The van der Waals surface area contributed by atoms with E-state index in [9.17, 15) is 9.59 Å². The summed E-state index contributed by atoms with van der Waals surface area (Å²) in [5.41, 5.74) is 6.17. The van der Waals surface area contributed by atoms with E-state index in [1.54, 1.807) is 29.9 Å². The van der Waals surface area contributed by atoms with Crippen LogP contribution < -0.4 is 26.1 Å². The summed E-state index contributed by atoms with van der Waals surface area (Å²) in [6.07, 6.45) is 0.682. The molecule has 2 rings (SSSR count). The van der Waals surface area contributed by atoms with Gasteiger partial charge < -0.3 is 25.1 Å². The lowest BCUT2D eigenvalue weighted by molar-refractivity contribution is -0.121. The molecule has 1 amide bonds. The molecule has 1 aromatic carbocycles. The monoisotopic (exact) mass is 378 g/mol. The van der Waals surface area contributed by atoms with Crippen molar-refractivity contribution in [2.24, 2.45) is 5.73 Å². The molecule has 1 heterocycles. The number of aromatic nitrogens is 2. The number of H-pyrrole nitrogens is 1. The fraction of sp³-hybridized carbons (Fsp3) is 0.353. The summed E-state index contributed by atoms with van der Waals surface area (Å²) in [4.78, 5) is 26.7. The first-order chi connectivity index (χ1) is 12.5. The Morgan fingerprint density at radius 1 is 1.31 bits per heavy atom. The number of amides is 1. The molecular formula is C17H22N4O4S. The maximum atomic E-state index is 12.2. The molecule has 140 valence electrons. The molecule has 0 radical (unpaired) electrons. The lowest BCUT2D eigenvalue weighted by Gasteiger charge is -2.16. The van der Waals surface area contributed by atoms with Gasteiger partial charge in [0.25, 0.3) is 5.56 Å². The zero-order chi connectivity index (χ0) is 19.1. The topological polar surface area (TPSA) is 111 Å². The minimum absolute atomic E-state index is 0.0370. The molecule has 0 aliphatic heterocycles. The molecule has 1 aromatic heterocycles. The molecule has 0 bridgehead atoms. The van der Waals surface area contributed by atoms with Crippen molar-refractivity contribution in [2.45, 2.75) is 13.0 Å². The molecule has 0 fully saturated rings. The number of hydrogen-bond acceptors (Lipinski definition) is 6. The standard InChI is InChI=1S/C17H22N4O4S/c1-24-11-4-5-12(14(8-11)25-2)13-9-15(22)20-17(26)21(13)10-16(23)19-7-3-6-18/h4-5,8-9H,3,6-7,10,18H2,1-2H3,(H,19,23)(H,20,22,26). The first-order valence-corrected chi connectivity index (χ1v) is 8.44. The molecule has 0 aliphatic rings. The number of benzene rings is 1. The molecule has 9 heteroatoms. The third-order valence-corrected chi connectivity index (χ3v) is 4.05. The summed E-state index contributed by atoms with van der Waals surface area (Å²) in [5, 5.41) is 2.77. The number of nitrogens with two attached hydrogens (primary N) is 1. The van der Waals surface area contributed by atoms with E-state index in [1.165, 1.54) is 13.2 Å². The van der Waals surface area contributed by atoms with Crippen LogP contribution >= 0.6 is 12.2 Å². The van der Waals surface area contributed by atoms with E-state index in [-0.39, 0.29) is 22.8 Å². The minimum atomic E-state index is -0.359. The average molecular weight is 378 g/mol. The zero-order valence-corrected chi connectivity index (χ0v) is 15.5. The molecule has 26 heavy (non-hydrogen) atoms. The van der Waals surface area contributed by atoms with Crippen LogP contribution in [0.15, 0.2) is 29.1 Å². The van der Waals surface area contributed by atoms with Gasteiger partial charge in [0.1, 0.15) is 18.0 Å². The summed E-state index contributed by atoms with van der Waals surface area (Å²) < 4.78 is 12.3. The van der Waals surface area contributed by atoms with Crippen molar-refractivity contribution in [3.8, 4) is 22.8 Å². The van der Waals surface area contributed by atoms with Crippen molar-refractivity contribution >= 4 is 18.1 Å². The maximum absolute atomic E-state index is 12.2. The van der Waals surface area contributed by atoms with E-state index < -0.39 is 0 Å². The van der Waals surface area contributed by atoms with Crippen LogP contribution in [0.5, 0.6) is 11.5 Å². The predicted molar refractivity (Wildman–Crippen MR) is 101 cm³/mol. The average Bonchev–Trinajstić information content (AvgIpc) is 2.63. The second-order valence-corrected chi connectivity index (χ2v) is 5.86. The van der Waals surface area contributed by atoms with E-state index in [4.69, 9.17) is 27.4 Å². The third kappa shape index (κ3) is 4.70. The van der Waals surface area contributed by atoms with Crippen LogP contribution in [0.4, 0.5) is 0 Å². The minimum Gasteiger partial charge on any atom is -0.497 e. The van der Waals surface area contributed by atoms with Crippen molar-refractivity contribution in [1.82, 2.24) is 14.9 Å². The summed E-state index contributed by atoms with van der Waals surface area (Å²) in [6, 6.07) is 6.58. The Bertz CT molecular complexity index is 891. The number of hydrogen-bond donors (Lipinski definition) is 3. The second-order valence-electron chi connectivity index (χ2n) is 5.47. The van der Waals surface area contributed by atoms with Crippen molar-refractivity contribution < 1.29 is 14.3 Å². The molecular weight excluding hydrogens is 356 g/mol. The molecule has 2 aromatic rings. The van der Waals surface area contributed by atoms with Crippen LogP contribution in [-0.2, 0) is 11.3 Å². The largest absolute Gasteiger partial charge is 0.497 e. The van der Waals surface area contributed by atoms with Gasteiger partial charge in [-0.15, -0.1) is 0 Å². The van der Waals surface area contributed by atoms with Gasteiger partial charge in [0.2, 0.25) is 5.91 Å². The van der Waals surface area contributed by atoms with Gasteiger partial charge in [0.05, 0.1) is 19.9 Å². The van der Waals surface area contributed by atoms with Crippen LogP contribution in [0.25, 0.3) is 11.3 Å². The lowest BCUT2D eigenvalue weighted by atomic mass is 10.1. The van der Waals surface area contributed by atoms with Gasteiger partial charge in [-0.3, -0.25) is 14.6 Å². The SMILES string of the molecule is COc1ccc(-c2cc(=O)[nH]c(=S)n2CC(=O)NCCCN)c(OC)c1. The number of methoxy groups -OCH3 is 2. The van der Waals surface area contributed by atoms with Gasteiger partial charge in [0.15, 0.2) is 4.77 Å². The fourth-order valence-corrected chi connectivity index (χ4v) is 2.70. The Morgan fingerprint density at radius 2 is 2.08 bits per heavy atom. The number of nitrogens with zero attached hydrogens (tertiary/aromatic N) is 1. The zero-order valence-electron chi connectivity index (χ0n) is 14.7. The van der Waals surface area contributed by atoms with E-state index >= 15 is 0 Å². The van der Waals surface area contributed by atoms with Crippen LogP contribution in [0.3, 0.4) is 0 Å². The number of rotatable bonds is 8. The van der Waals surface area contributed by atoms with Gasteiger partial charge in [-0.05, 0) is 37.3 Å². The number of aromatic amines is 1. The molecule has 0 saturated carbocycles. The predicted octanol–water partition coefficient (Wildman–Crippen LogP) is 1.06. The Hall–Kier alpha value is -2.65. The number of carbonyl (C=O) groups is 1. The molecule has 8 nitrogen and oxygen atoms in total. The molecule has 0 atom stereocenters. The molecule has 0 unspecified atom stereocenters. The van der Waals surface area contributed by atoms with Crippen molar-refractivity contribution in [2.75, 3.05) is 27.3 Å². The Kier molecular flexibility index (Phi) is 6.93. The Morgan fingerprint density at radius 3 is 2.73 bits per heavy atom. The second kappa shape index (κ2) is 9.16. The first kappa shape index (κ1) is 19.7. The third-order valence-electron chi connectivity index (χ3n) is 3.72. The van der Waals surface area contributed by atoms with Crippen molar-refractivity contribution in [3.05, 3.63) is 39.4 Å². The van der Waals surface area contributed by atoms with E-state index in [2.05, 4.69) is 10.3 Å². The normalized spacial score (nSPS) is 10.4. The Labute approximate surface area is 155 Å². The quantitative estimate of drug-likeness (QED) is 0.468. The first-order valence-electron chi connectivity index (χ1n) is 8.03. The maximum Gasteiger partial charge on any atom is 0.252 e. The molecule has 0 aliphatic carbocycles. The summed E-state index contributed by atoms with van der Waals surface area (Å²) in [6.45, 7) is 0.935. The summed E-state index contributed by atoms with van der Waals surface area (Å²) >= 11 is 5.25. The van der Waals surface area contributed by atoms with Gasteiger partial charge in [-0.1, -0.05) is 0 Å². The van der Waals surface area contributed by atoms with Crippen LogP contribution in [0.1, 0.15) is 6.42 Å². The van der Waals surface area contributed by atoms with Crippen LogP contribution in [0.2, 0.25) is 0 Å². The highest BCUT2D eigenvalue weighted by Crippen LogP contribution is 2.32. The van der Waals surface area contributed by atoms with E-state index in [0.717, 1.165) is 0 Å². The van der Waals surface area contributed by atoms with Crippen LogP contribution in [0, 0.1) is 4.77 Å². The smallest absolute Gasteiger partial charge is 0.252 e. The highest BCUT2D eigenvalue weighted by molar-refractivity contribution is 7.71. The number of ether oxygens (including phenoxy) is 2. The van der Waals surface area contributed by atoms with E-state index in [0.29, 0.717) is 42.3 Å². The van der Waals surface area contributed by atoms with Gasteiger partial charge >= 0.3 is 0 Å². The van der Waals surface area contributed by atoms with Crippen molar-refractivity contribution in [3.63, 3.8) is 0 Å². The van der Waals surface area contributed by atoms with Gasteiger partial charge in [-0.2, -0.15) is 0 Å². The lowest BCUT2D eigenvalue weighted by Crippen LogP contribution is -2.31. The number of nitrogens with one attached hydrogen (secondary N) is 2. The Balaban J connectivity index is 2.47. The molecule has 0 saturated heterocycles. The summed E-state index contributed by atoms with van der Waals surface area (Å²) in [5.74, 6) is 0.886. The van der Waals surface area contributed by atoms with E-state index in [1.807, 2.05) is 0 Å². The fourth-order valence-electron chi connectivity index (χ4n) is 2.44. The van der Waals surface area contributed by atoms with Crippen molar-refractivity contribution in [1.29, 1.82) is 0 Å². The molecule has 0 spiro atoms. The molecule has 4 N–H and O–H groups in total. The number of carbonyl (C=O) groups excluding carboxylic acids is 1. The van der Waals surface area contributed by atoms with Gasteiger partial charge in [0, 0.05) is 24.2 Å². The highest BCUT2D eigenvalue weighted by atomic mass is 32.1. The highest BCUT2D eigenvalue weighted by Gasteiger charge is 2.15.